The molecular weight excluding hydrogens is 212 g/mol. The third-order valence-corrected chi connectivity index (χ3v) is 3.50. The van der Waals surface area contributed by atoms with Gasteiger partial charge in [0.05, 0.1) is 0 Å². The molecule has 0 radical (unpaired) electrons. The Bertz CT molecular complexity index is 330. The van der Waals surface area contributed by atoms with E-state index in [0.29, 0.717) is 0 Å². The molecule has 0 aromatic carbocycles. The van der Waals surface area contributed by atoms with Gasteiger partial charge in [-0.05, 0) is 26.3 Å². The second-order valence-corrected chi connectivity index (χ2v) is 4.78. The highest BCUT2D eigenvalue weighted by Crippen LogP contribution is 2.25. The first-order valence-electron chi connectivity index (χ1n) is 6.73. The standard InChI is InChI=1S/C13H24N4/c1-3-16(13-4-5-13)9-6-14-7-10-17-11-8-15-12(17)2/h8,11,13-14H,3-7,9-10H2,1-2H3. The number of aromatic nitrogens is 2. The summed E-state index contributed by atoms with van der Waals surface area (Å²) >= 11 is 0. The Morgan fingerprint density at radius 3 is 2.88 bits per heavy atom. The van der Waals surface area contributed by atoms with Crippen molar-refractivity contribution in [3.8, 4) is 0 Å². The zero-order chi connectivity index (χ0) is 12.1. The van der Waals surface area contributed by atoms with Crippen LogP contribution in [0.3, 0.4) is 0 Å². The topological polar surface area (TPSA) is 33.1 Å². The maximum absolute atomic E-state index is 4.22. The van der Waals surface area contributed by atoms with Crippen molar-refractivity contribution in [3.63, 3.8) is 0 Å². The van der Waals surface area contributed by atoms with Crippen molar-refractivity contribution >= 4 is 0 Å². The molecule has 0 aliphatic heterocycles. The van der Waals surface area contributed by atoms with Crippen LogP contribution in [-0.4, -0.2) is 46.7 Å². The minimum Gasteiger partial charge on any atom is -0.334 e. The number of hydrogen-bond acceptors (Lipinski definition) is 3. The molecule has 0 saturated heterocycles. The number of nitrogens with one attached hydrogen (secondary N) is 1. The van der Waals surface area contributed by atoms with E-state index in [9.17, 15) is 0 Å². The third kappa shape index (κ3) is 3.82. The molecule has 4 nitrogen and oxygen atoms in total. The van der Waals surface area contributed by atoms with Crippen LogP contribution in [0.25, 0.3) is 0 Å². The highest BCUT2D eigenvalue weighted by Gasteiger charge is 2.26. The lowest BCUT2D eigenvalue weighted by Crippen LogP contribution is -2.34. The van der Waals surface area contributed by atoms with Gasteiger partial charge in [-0.2, -0.15) is 0 Å². The van der Waals surface area contributed by atoms with Gasteiger partial charge in [-0.25, -0.2) is 4.98 Å². The van der Waals surface area contributed by atoms with Crippen LogP contribution in [0.2, 0.25) is 0 Å². The Hall–Kier alpha value is -0.870. The highest BCUT2D eigenvalue weighted by molar-refractivity contribution is 4.88. The van der Waals surface area contributed by atoms with Crippen molar-refractivity contribution in [1.82, 2.24) is 19.8 Å². The molecule has 1 aromatic rings. The summed E-state index contributed by atoms with van der Waals surface area (Å²) in [7, 11) is 0. The molecule has 17 heavy (non-hydrogen) atoms. The first-order valence-corrected chi connectivity index (χ1v) is 6.73. The molecule has 1 fully saturated rings. The molecular formula is C13H24N4. The lowest BCUT2D eigenvalue weighted by Gasteiger charge is -2.19. The van der Waals surface area contributed by atoms with Crippen LogP contribution < -0.4 is 5.32 Å². The quantitative estimate of drug-likeness (QED) is 0.690. The number of rotatable bonds is 8. The summed E-state index contributed by atoms with van der Waals surface area (Å²) in [6.45, 7) is 9.81. The van der Waals surface area contributed by atoms with E-state index in [-0.39, 0.29) is 0 Å². The molecule has 0 amide bonds. The molecule has 1 aliphatic rings. The van der Waals surface area contributed by atoms with Crippen LogP contribution in [0.5, 0.6) is 0 Å². The molecule has 1 saturated carbocycles. The molecule has 0 unspecified atom stereocenters. The van der Waals surface area contributed by atoms with E-state index in [1.807, 2.05) is 19.3 Å². The van der Waals surface area contributed by atoms with E-state index < -0.39 is 0 Å². The van der Waals surface area contributed by atoms with Gasteiger partial charge in [-0.1, -0.05) is 6.92 Å². The first kappa shape index (κ1) is 12.6. The van der Waals surface area contributed by atoms with Gasteiger partial charge in [0.2, 0.25) is 0 Å². The van der Waals surface area contributed by atoms with E-state index in [4.69, 9.17) is 0 Å². The summed E-state index contributed by atoms with van der Waals surface area (Å²) in [4.78, 5) is 6.79. The van der Waals surface area contributed by atoms with Crippen molar-refractivity contribution in [1.29, 1.82) is 0 Å². The number of nitrogens with zero attached hydrogens (tertiary/aromatic N) is 3. The fourth-order valence-corrected chi connectivity index (χ4v) is 2.23. The SMILES string of the molecule is CCN(CCNCCn1ccnc1C)C1CC1. The molecule has 0 bridgehead atoms. The van der Waals surface area contributed by atoms with E-state index in [1.165, 1.54) is 25.9 Å². The van der Waals surface area contributed by atoms with Gasteiger partial charge < -0.3 is 9.88 Å². The van der Waals surface area contributed by atoms with E-state index in [0.717, 1.165) is 31.5 Å². The van der Waals surface area contributed by atoms with Crippen molar-refractivity contribution in [2.45, 2.75) is 39.3 Å². The minimum absolute atomic E-state index is 0.887. The molecule has 1 aliphatic carbocycles. The van der Waals surface area contributed by atoms with Gasteiger partial charge in [-0.15, -0.1) is 0 Å². The maximum atomic E-state index is 4.22. The first-order chi connectivity index (χ1) is 8.31. The second-order valence-electron chi connectivity index (χ2n) is 4.78. The van der Waals surface area contributed by atoms with Gasteiger partial charge in [0.25, 0.3) is 0 Å². The van der Waals surface area contributed by atoms with Crippen LogP contribution in [0, 0.1) is 6.92 Å². The monoisotopic (exact) mass is 236 g/mol. The zero-order valence-electron chi connectivity index (χ0n) is 11.0. The van der Waals surface area contributed by atoms with E-state index >= 15 is 0 Å². The molecule has 96 valence electrons. The molecule has 1 aromatic heterocycles. The van der Waals surface area contributed by atoms with Gasteiger partial charge in [0.15, 0.2) is 0 Å². The molecule has 0 spiro atoms. The Morgan fingerprint density at radius 1 is 1.47 bits per heavy atom. The van der Waals surface area contributed by atoms with Gasteiger partial charge in [0.1, 0.15) is 5.82 Å². The van der Waals surface area contributed by atoms with Crippen LogP contribution in [0.4, 0.5) is 0 Å². The van der Waals surface area contributed by atoms with Crippen molar-refractivity contribution in [2.24, 2.45) is 0 Å². The Labute approximate surface area is 104 Å². The Balaban J connectivity index is 1.55. The number of hydrogen-bond donors (Lipinski definition) is 1. The van der Waals surface area contributed by atoms with Crippen LogP contribution in [0.15, 0.2) is 12.4 Å². The number of imidazole rings is 1. The predicted octanol–water partition coefficient (Wildman–Crippen LogP) is 1.27. The third-order valence-electron chi connectivity index (χ3n) is 3.50. The fourth-order valence-electron chi connectivity index (χ4n) is 2.23. The zero-order valence-corrected chi connectivity index (χ0v) is 11.0. The molecule has 1 heterocycles. The van der Waals surface area contributed by atoms with E-state index in [2.05, 4.69) is 26.7 Å². The van der Waals surface area contributed by atoms with Crippen molar-refractivity contribution in [2.75, 3.05) is 26.2 Å². The fraction of sp³-hybridized carbons (Fsp3) is 0.769. The van der Waals surface area contributed by atoms with Crippen LogP contribution in [0.1, 0.15) is 25.6 Å². The highest BCUT2D eigenvalue weighted by atomic mass is 15.2. The summed E-state index contributed by atoms with van der Waals surface area (Å²) in [5.74, 6) is 1.10. The van der Waals surface area contributed by atoms with Crippen molar-refractivity contribution < 1.29 is 0 Å². The summed E-state index contributed by atoms with van der Waals surface area (Å²) in [6.07, 6.45) is 6.71. The normalized spacial score (nSPS) is 15.7. The van der Waals surface area contributed by atoms with Crippen molar-refractivity contribution in [3.05, 3.63) is 18.2 Å². The molecule has 0 atom stereocenters. The predicted molar refractivity (Wildman–Crippen MR) is 70.1 cm³/mol. The summed E-state index contributed by atoms with van der Waals surface area (Å²) in [6, 6.07) is 0.887. The average Bonchev–Trinajstić information content (AvgIpc) is 3.09. The largest absolute Gasteiger partial charge is 0.334 e. The molecule has 4 heteroatoms. The smallest absolute Gasteiger partial charge is 0.105 e. The Morgan fingerprint density at radius 2 is 2.29 bits per heavy atom. The van der Waals surface area contributed by atoms with E-state index in [1.54, 1.807) is 0 Å². The minimum atomic E-state index is 0.887. The lowest BCUT2D eigenvalue weighted by molar-refractivity contribution is 0.276. The second kappa shape index (κ2) is 6.17. The Kier molecular flexibility index (Phi) is 4.57. The molecule has 2 rings (SSSR count). The van der Waals surface area contributed by atoms with Gasteiger partial charge in [0, 0.05) is 44.6 Å². The van der Waals surface area contributed by atoms with Crippen LogP contribution >= 0.6 is 0 Å². The molecule has 1 N–H and O–H groups in total. The van der Waals surface area contributed by atoms with Gasteiger partial charge >= 0.3 is 0 Å². The average molecular weight is 236 g/mol. The van der Waals surface area contributed by atoms with Crippen LogP contribution in [-0.2, 0) is 6.54 Å². The number of likely N-dealkylation sites (N-methyl/N-ethyl adjacent to an activating group) is 1. The number of aryl methyl sites for hydroxylation is 1. The summed E-state index contributed by atoms with van der Waals surface area (Å²) < 4.78 is 2.19. The van der Waals surface area contributed by atoms with Gasteiger partial charge in [-0.3, -0.25) is 4.90 Å². The summed E-state index contributed by atoms with van der Waals surface area (Å²) in [5.41, 5.74) is 0. The maximum Gasteiger partial charge on any atom is 0.105 e. The summed E-state index contributed by atoms with van der Waals surface area (Å²) in [5, 5.41) is 3.51. The lowest BCUT2D eigenvalue weighted by atomic mass is 10.4.